The number of carbonyl (C=O) groups is 1. The number of hydrogen-bond acceptors (Lipinski definition) is 3. The molecule has 2 aliphatic heterocycles. The molecule has 28 heavy (non-hydrogen) atoms. The van der Waals surface area contributed by atoms with E-state index in [2.05, 4.69) is 14.8 Å². The van der Waals surface area contributed by atoms with Gasteiger partial charge in [0.1, 0.15) is 11.6 Å². The van der Waals surface area contributed by atoms with E-state index >= 15 is 0 Å². The SMILES string of the molecule is O=C1CC[C@@H]2CN(Cc3cc(F)ccc3F)CC[C@@H]2N1CCCn1ccnc1. The second kappa shape index (κ2) is 8.39. The fraction of sp³-hybridized carbons (Fsp3) is 0.524. The Balaban J connectivity index is 1.35. The molecule has 0 radical (unpaired) electrons. The lowest BCUT2D eigenvalue weighted by Crippen LogP contribution is -2.56. The van der Waals surface area contributed by atoms with Crippen molar-refractivity contribution >= 4 is 5.91 Å². The van der Waals surface area contributed by atoms with E-state index < -0.39 is 5.82 Å². The van der Waals surface area contributed by atoms with E-state index in [4.69, 9.17) is 0 Å². The van der Waals surface area contributed by atoms with Gasteiger partial charge in [0.15, 0.2) is 0 Å². The van der Waals surface area contributed by atoms with Gasteiger partial charge in [-0.25, -0.2) is 13.8 Å². The van der Waals surface area contributed by atoms with Crippen LogP contribution in [0.15, 0.2) is 36.9 Å². The van der Waals surface area contributed by atoms with Gasteiger partial charge in [0.25, 0.3) is 0 Å². The molecule has 0 bridgehead atoms. The summed E-state index contributed by atoms with van der Waals surface area (Å²) in [6, 6.07) is 3.89. The molecule has 2 aromatic rings. The van der Waals surface area contributed by atoms with Crippen LogP contribution in [0.25, 0.3) is 0 Å². The fourth-order valence-corrected chi connectivity index (χ4v) is 4.61. The Morgan fingerprint density at radius 3 is 2.89 bits per heavy atom. The number of imidazole rings is 1. The maximum absolute atomic E-state index is 14.0. The van der Waals surface area contributed by atoms with Crippen molar-refractivity contribution in [2.75, 3.05) is 19.6 Å². The number of aromatic nitrogens is 2. The van der Waals surface area contributed by atoms with E-state index in [0.717, 1.165) is 51.5 Å². The third-order valence-electron chi connectivity index (χ3n) is 6.00. The number of amides is 1. The Morgan fingerprint density at radius 2 is 2.07 bits per heavy atom. The molecular formula is C21H26F2N4O. The van der Waals surface area contributed by atoms with Gasteiger partial charge >= 0.3 is 0 Å². The molecule has 4 rings (SSSR count). The molecule has 2 atom stereocenters. The second-order valence-corrected chi connectivity index (χ2v) is 7.87. The van der Waals surface area contributed by atoms with Gasteiger partial charge in [0.2, 0.25) is 5.91 Å². The molecule has 2 aliphatic rings. The van der Waals surface area contributed by atoms with Crippen molar-refractivity contribution in [3.63, 3.8) is 0 Å². The summed E-state index contributed by atoms with van der Waals surface area (Å²) in [7, 11) is 0. The molecule has 0 unspecified atom stereocenters. The maximum Gasteiger partial charge on any atom is 0.222 e. The van der Waals surface area contributed by atoms with Crippen molar-refractivity contribution < 1.29 is 13.6 Å². The Kier molecular flexibility index (Phi) is 5.71. The van der Waals surface area contributed by atoms with Gasteiger partial charge in [-0.3, -0.25) is 9.69 Å². The quantitative estimate of drug-likeness (QED) is 0.764. The summed E-state index contributed by atoms with van der Waals surface area (Å²) in [5.41, 5.74) is 0.405. The summed E-state index contributed by atoms with van der Waals surface area (Å²) in [5, 5.41) is 0. The minimum absolute atomic E-state index is 0.247. The normalized spacial score (nSPS) is 23.1. The van der Waals surface area contributed by atoms with E-state index in [1.54, 1.807) is 12.5 Å². The van der Waals surface area contributed by atoms with E-state index in [0.29, 0.717) is 24.4 Å². The number of benzene rings is 1. The van der Waals surface area contributed by atoms with Crippen molar-refractivity contribution in [3.05, 3.63) is 54.1 Å². The largest absolute Gasteiger partial charge is 0.339 e. The first-order chi connectivity index (χ1) is 13.6. The van der Waals surface area contributed by atoms with Crippen LogP contribution in [0.3, 0.4) is 0 Å². The highest BCUT2D eigenvalue weighted by molar-refractivity contribution is 5.77. The first-order valence-corrected chi connectivity index (χ1v) is 10.0. The van der Waals surface area contributed by atoms with Crippen LogP contribution in [0.2, 0.25) is 0 Å². The lowest BCUT2D eigenvalue weighted by Gasteiger charge is -2.47. The van der Waals surface area contributed by atoms with Gasteiger partial charge in [-0.2, -0.15) is 0 Å². The van der Waals surface area contributed by atoms with Gasteiger partial charge in [0, 0.05) is 63.1 Å². The number of rotatable bonds is 6. The van der Waals surface area contributed by atoms with Crippen molar-refractivity contribution in [3.8, 4) is 0 Å². The molecule has 1 amide bonds. The van der Waals surface area contributed by atoms with Crippen LogP contribution in [0.1, 0.15) is 31.2 Å². The van der Waals surface area contributed by atoms with Crippen LogP contribution in [-0.4, -0.2) is 50.9 Å². The monoisotopic (exact) mass is 388 g/mol. The zero-order valence-electron chi connectivity index (χ0n) is 15.9. The molecule has 1 aromatic heterocycles. The summed E-state index contributed by atoms with van der Waals surface area (Å²) in [6.45, 7) is 3.65. The average Bonchev–Trinajstić information content (AvgIpc) is 3.20. The van der Waals surface area contributed by atoms with E-state index in [-0.39, 0.29) is 17.8 Å². The predicted molar refractivity (Wildman–Crippen MR) is 101 cm³/mol. The molecule has 7 heteroatoms. The lowest BCUT2D eigenvalue weighted by atomic mass is 9.83. The molecule has 2 saturated heterocycles. The van der Waals surface area contributed by atoms with Crippen LogP contribution in [-0.2, 0) is 17.9 Å². The summed E-state index contributed by atoms with van der Waals surface area (Å²) in [4.78, 5) is 20.8. The summed E-state index contributed by atoms with van der Waals surface area (Å²) in [6.07, 6.45) is 8.75. The molecule has 3 heterocycles. The van der Waals surface area contributed by atoms with Gasteiger partial charge in [0.05, 0.1) is 6.33 Å². The zero-order valence-corrected chi connectivity index (χ0v) is 15.9. The van der Waals surface area contributed by atoms with Crippen molar-refractivity contribution in [1.29, 1.82) is 0 Å². The fourth-order valence-electron chi connectivity index (χ4n) is 4.61. The summed E-state index contributed by atoms with van der Waals surface area (Å²) < 4.78 is 29.5. The van der Waals surface area contributed by atoms with E-state index in [1.165, 1.54) is 12.1 Å². The Bertz CT molecular complexity index is 811. The molecule has 0 N–H and O–H groups in total. The van der Waals surface area contributed by atoms with Gasteiger partial charge in [-0.1, -0.05) is 0 Å². The third-order valence-corrected chi connectivity index (χ3v) is 6.00. The average molecular weight is 388 g/mol. The van der Waals surface area contributed by atoms with Crippen LogP contribution in [0, 0.1) is 17.6 Å². The molecule has 150 valence electrons. The smallest absolute Gasteiger partial charge is 0.222 e. The molecule has 0 aliphatic carbocycles. The number of piperidine rings is 2. The number of carbonyl (C=O) groups excluding carboxylic acids is 1. The van der Waals surface area contributed by atoms with Crippen LogP contribution < -0.4 is 0 Å². The van der Waals surface area contributed by atoms with E-state index in [9.17, 15) is 13.6 Å². The maximum atomic E-state index is 14.0. The minimum Gasteiger partial charge on any atom is -0.339 e. The number of likely N-dealkylation sites (tertiary alicyclic amines) is 2. The van der Waals surface area contributed by atoms with Crippen molar-refractivity contribution in [1.82, 2.24) is 19.4 Å². The number of aryl methyl sites for hydroxylation is 1. The van der Waals surface area contributed by atoms with Gasteiger partial charge < -0.3 is 9.47 Å². The predicted octanol–water partition coefficient (Wildman–Crippen LogP) is 3.06. The Morgan fingerprint density at radius 1 is 1.18 bits per heavy atom. The third kappa shape index (κ3) is 4.24. The minimum atomic E-state index is -0.404. The highest BCUT2D eigenvalue weighted by atomic mass is 19.1. The van der Waals surface area contributed by atoms with Crippen LogP contribution in [0.4, 0.5) is 8.78 Å². The summed E-state index contributed by atoms with van der Waals surface area (Å²) >= 11 is 0. The molecule has 0 spiro atoms. The van der Waals surface area contributed by atoms with Gasteiger partial charge in [-0.05, 0) is 43.4 Å². The number of halogens is 2. The highest BCUT2D eigenvalue weighted by Gasteiger charge is 2.38. The van der Waals surface area contributed by atoms with Crippen molar-refractivity contribution in [2.24, 2.45) is 5.92 Å². The zero-order chi connectivity index (χ0) is 19.5. The van der Waals surface area contributed by atoms with Crippen LogP contribution >= 0.6 is 0 Å². The number of nitrogens with zero attached hydrogens (tertiary/aromatic N) is 4. The lowest BCUT2D eigenvalue weighted by molar-refractivity contribution is -0.141. The van der Waals surface area contributed by atoms with Gasteiger partial charge in [-0.15, -0.1) is 0 Å². The first-order valence-electron chi connectivity index (χ1n) is 10.0. The standard InChI is InChI=1S/C21H26F2N4O/c22-18-3-4-19(23)17(12-18)14-26-10-6-20-16(13-26)2-5-21(28)27(20)9-1-8-25-11-7-24-15-25/h3-4,7,11-12,15-16,20H,1-2,5-6,8-10,13-14H2/t16-,20+/m1/s1. The molecule has 1 aromatic carbocycles. The molecule has 0 saturated carbocycles. The molecule has 5 nitrogen and oxygen atoms in total. The molecular weight excluding hydrogens is 362 g/mol. The van der Waals surface area contributed by atoms with E-state index in [1.807, 2.05) is 10.8 Å². The summed E-state index contributed by atoms with van der Waals surface area (Å²) in [5.74, 6) is -0.116. The topological polar surface area (TPSA) is 41.4 Å². The Hall–Kier alpha value is -2.28. The number of hydrogen-bond donors (Lipinski definition) is 0. The van der Waals surface area contributed by atoms with Crippen LogP contribution in [0.5, 0.6) is 0 Å². The highest BCUT2D eigenvalue weighted by Crippen LogP contribution is 2.32. The molecule has 2 fully saturated rings. The Labute approximate surface area is 164 Å². The first kappa shape index (κ1) is 19.1. The second-order valence-electron chi connectivity index (χ2n) is 7.87. The number of fused-ring (bicyclic) bond motifs is 1. The van der Waals surface area contributed by atoms with Crippen molar-refractivity contribution in [2.45, 2.75) is 44.8 Å².